The SMILES string of the molecule is NCCc1ccn2c(Br)cnc2n1. The van der Waals surface area contributed by atoms with Gasteiger partial charge in [-0.1, -0.05) is 0 Å². The van der Waals surface area contributed by atoms with Crippen LogP contribution in [0.5, 0.6) is 0 Å². The van der Waals surface area contributed by atoms with Crippen molar-refractivity contribution in [2.24, 2.45) is 5.73 Å². The zero-order valence-corrected chi connectivity index (χ0v) is 8.53. The van der Waals surface area contributed by atoms with Gasteiger partial charge in [0.25, 0.3) is 0 Å². The van der Waals surface area contributed by atoms with E-state index in [4.69, 9.17) is 5.73 Å². The minimum atomic E-state index is 0.616. The Morgan fingerprint density at radius 3 is 3.15 bits per heavy atom. The van der Waals surface area contributed by atoms with Gasteiger partial charge in [0.05, 0.1) is 6.20 Å². The lowest BCUT2D eigenvalue weighted by molar-refractivity contribution is 0.909. The first-order valence-electron chi connectivity index (χ1n) is 4.00. The molecule has 2 heterocycles. The van der Waals surface area contributed by atoms with Gasteiger partial charge in [0.2, 0.25) is 5.78 Å². The minimum Gasteiger partial charge on any atom is -0.330 e. The van der Waals surface area contributed by atoms with E-state index in [1.165, 1.54) is 0 Å². The fraction of sp³-hybridized carbons (Fsp3) is 0.250. The monoisotopic (exact) mass is 240 g/mol. The number of aromatic nitrogens is 3. The fourth-order valence-corrected chi connectivity index (χ4v) is 1.54. The van der Waals surface area contributed by atoms with Gasteiger partial charge in [-0.25, -0.2) is 9.97 Å². The molecule has 0 saturated heterocycles. The Bertz CT molecular complexity index is 423. The van der Waals surface area contributed by atoms with Crippen molar-refractivity contribution in [3.63, 3.8) is 0 Å². The predicted molar refractivity (Wildman–Crippen MR) is 53.4 cm³/mol. The summed E-state index contributed by atoms with van der Waals surface area (Å²) in [4.78, 5) is 8.45. The second-order valence-corrected chi connectivity index (χ2v) is 3.52. The molecule has 0 aliphatic rings. The molecular formula is C8H9BrN4. The average Bonchev–Trinajstić information content (AvgIpc) is 2.48. The minimum absolute atomic E-state index is 0.616. The second-order valence-electron chi connectivity index (χ2n) is 2.71. The van der Waals surface area contributed by atoms with Crippen LogP contribution in [0.15, 0.2) is 23.1 Å². The molecule has 68 valence electrons. The molecule has 0 aliphatic carbocycles. The van der Waals surface area contributed by atoms with Crippen molar-refractivity contribution in [2.45, 2.75) is 6.42 Å². The molecule has 0 aliphatic heterocycles. The van der Waals surface area contributed by atoms with Crippen LogP contribution in [-0.4, -0.2) is 20.9 Å². The smallest absolute Gasteiger partial charge is 0.234 e. The van der Waals surface area contributed by atoms with E-state index in [1.54, 1.807) is 6.20 Å². The van der Waals surface area contributed by atoms with Crippen LogP contribution in [0.25, 0.3) is 5.78 Å². The molecule has 13 heavy (non-hydrogen) atoms. The maximum absolute atomic E-state index is 5.43. The van der Waals surface area contributed by atoms with Gasteiger partial charge in [-0.2, -0.15) is 0 Å². The van der Waals surface area contributed by atoms with E-state index in [-0.39, 0.29) is 0 Å². The Kier molecular flexibility index (Phi) is 2.28. The highest BCUT2D eigenvalue weighted by Crippen LogP contribution is 2.11. The topological polar surface area (TPSA) is 56.2 Å². The summed E-state index contributed by atoms with van der Waals surface area (Å²) >= 11 is 3.37. The van der Waals surface area contributed by atoms with Crippen molar-refractivity contribution in [3.05, 3.63) is 28.8 Å². The summed E-state index contributed by atoms with van der Waals surface area (Å²) in [5.74, 6) is 0.706. The Morgan fingerprint density at radius 2 is 2.38 bits per heavy atom. The summed E-state index contributed by atoms with van der Waals surface area (Å²) in [7, 11) is 0. The maximum atomic E-state index is 5.43. The highest BCUT2D eigenvalue weighted by atomic mass is 79.9. The fourth-order valence-electron chi connectivity index (χ4n) is 1.16. The molecule has 2 aromatic rings. The maximum Gasteiger partial charge on any atom is 0.234 e. The number of rotatable bonds is 2. The van der Waals surface area contributed by atoms with Crippen molar-refractivity contribution >= 4 is 21.7 Å². The van der Waals surface area contributed by atoms with Crippen LogP contribution in [0, 0.1) is 0 Å². The number of hydrogen-bond acceptors (Lipinski definition) is 3. The first-order valence-corrected chi connectivity index (χ1v) is 4.79. The molecule has 2 N–H and O–H groups in total. The molecule has 0 saturated carbocycles. The number of halogens is 1. The van der Waals surface area contributed by atoms with Gasteiger partial charge in [-0.15, -0.1) is 0 Å². The van der Waals surface area contributed by atoms with Crippen LogP contribution in [0.4, 0.5) is 0 Å². The van der Waals surface area contributed by atoms with Crippen molar-refractivity contribution in [1.29, 1.82) is 0 Å². The molecule has 0 bridgehead atoms. The first-order chi connectivity index (χ1) is 6.31. The molecule has 2 aromatic heterocycles. The summed E-state index contributed by atoms with van der Waals surface area (Å²) < 4.78 is 2.79. The van der Waals surface area contributed by atoms with Crippen molar-refractivity contribution < 1.29 is 0 Å². The van der Waals surface area contributed by atoms with E-state index < -0.39 is 0 Å². The van der Waals surface area contributed by atoms with Gasteiger partial charge >= 0.3 is 0 Å². The predicted octanol–water partition coefficient (Wildman–Crippen LogP) is 0.993. The molecule has 0 aromatic carbocycles. The van der Waals surface area contributed by atoms with Gasteiger partial charge < -0.3 is 5.73 Å². The standard InChI is InChI=1S/C8H9BrN4/c9-7-5-11-8-12-6(1-3-10)2-4-13(7)8/h2,4-5H,1,3,10H2. The number of hydrogen-bond donors (Lipinski definition) is 1. The summed E-state index contributed by atoms with van der Waals surface area (Å²) in [5, 5.41) is 0. The summed E-state index contributed by atoms with van der Waals surface area (Å²) in [6, 6.07) is 1.95. The van der Waals surface area contributed by atoms with E-state index in [0.717, 1.165) is 16.7 Å². The molecule has 4 nitrogen and oxygen atoms in total. The van der Waals surface area contributed by atoms with Gasteiger partial charge in [-0.05, 0) is 28.5 Å². The van der Waals surface area contributed by atoms with E-state index in [1.807, 2.05) is 16.7 Å². The second kappa shape index (κ2) is 3.43. The summed E-state index contributed by atoms with van der Waals surface area (Å²) in [6.45, 7) is 0.616. The van der Waals surface area contributed by atoms with E-state index in [9.17, 15) is 0 Å². The largest absolute Gasteiger partial charge is 0.330 e. The molecule has 0 unspecified atom stereocenters. The molecule has 0 fully saturated rings. The molecule has 0 radical (unpaired) electrons. The van der Waals surface area contributed by atoms with Gasteiger partial charge in [0.1, 0.15) is 4.60 Å². The molecule has 0 atom stereocenters. The highest BCUT2D eigenvalue weighted by Gasteiger charge is 2.01. The normalized spacial score (nSPS) is 10.9. The average molecular weight is 241 g/mol. The van der Waals surface area contributed by atoms with Crippen LogP contribution < -0.4 is 5.73 Å². The lowest BCUT2D eigenvalue weighted by atomic mass is 10.3. The Morgan fingerprint density at radius 1 is 1.54 bits per heavy atom. The number of fused-ring (bicyclic) bond motifs is 1. The van der Waals surface area contributed by atoms with E-state index in [2.05, 4.69) is 25.9 Å². The van der Waals surface area contributed by atoms with Crippen LogP contribution in [-0.2, 0) is 6.42 Å². The third-order valence-electron chi connectivity index (χ3n) is 1.79. The molecule has 2 rings (SSSR count). The zero-order valence-electron chi connectivity index (χ0n) is 6.94. The van der Waals surface area contributed by atoms with Gasteiger partial charge in [0, 0.05) is 18.3 Å². The quantitative estimate of drug-likeness (QED) is 0.853. The highest BCUT2D eigenvalue weighted by molar-refractivity contribution is 9.10. The van der Waals surface area contributed by atoms with Crippen LogP contribution >= 0.6 is 15.9 Å². The molecule has 5 heteroatoms. The van der Waals surface area contributed by atoms with Crippen molar-refractivity contribution in [3.8, 4) is 0 Å². The van der Waals surface area contributed by atoms with E-state index in [0.29, 0.717) is 12.3 Å². The first kappa shape index (κ1) is 8.65. The summed E-state index contributed by atoms with van der Waals surface area (Å²) in [6.07, 6.45) is 4.46. The van der Waals surface area contributed by atoms with Crippen LogP contribution in [0.1, 0.15) is 5.69 Å². The number of imidazole rings is 1. The number of nitrogens with zero attached hydrogens (tertiary/aromatic N) is 3. The van der Waals surface area contributed by atoms with Crippen LogP contribution in [0.2, 0.25) is 0 Å². The summed E-state index contributed by atoms with van der Waals surface area (Å²) in [5.41, 5.74) is 6.41. The van der Waals surface area contributed by atoms with Crippen molar-refractivity contribution in [2.75, 3.05) is 6.54 Å². The van der Waals surface area contributed by atoms with Gasteiger partial charge in [-0.3, -0.25) is 4.40 Å². The molecule has 0 spiro atoms. The molecular weight excluding hydrogens is 232 g/mol. The van der Waals surface area contributed by atoms with Crippen LogP contribution in [0.3, 0.4) is 0 Å². The Labute approximate surface area is 83.9 Å². The van der Waals surface area contributed by atoms with Gasteiger partial charge in [0.15, 0.2) is 0 Å². The lowest BCUT2D eigenvalue weighted by Crippen LogP contribution is -2.05. The Hall–Kier alpha value is -0.940. The van der Waals surface area contributed by atoms with E-state index >= 15 is 0 Å². The third-order valence-corrected chi connectivity index (χ3v) is 2.38. The third kappa shape index (κ3) is 1.57. The Balaban J connectivity index is 2.50. The number of nitrogens with two attached hydrogens (primary N) is 1. The lowest BCUT2D eigenvalue weighted by Gasteiger charge is -1.98. The molecule has 0 amide bonds. The van der Waals surface area contributed by atoms with Crippen molar-refractivity contribution in [1.82, 2.24) is 14.4 Å². The zero-order chi connectivity index (χ0) is 9.26.